The first-order valence-corrected chi connectivity index (χ1v) is 4.84. The predicted molar refractivity (Wildman–Crippen MR) is 56.4 cm³/mol. The van der Waals surface area contributed by atoms with Gasteiger partial charge in [-0.05, 0) is 37.6 Å². The van der Waals surface area contributed by atoms with Crippen molar-refractivity contribution in [3.05, 3.63) is 36.8 Å². The van der Waals surface area contributed by atoms with Crippen molar-refractivity contribution in [3.63, 3.8) is 0 Å². The predicted octanol–water partition coefficient (Wildman–Crippen LogP) is 3.48. The molecule has 0 fully saturated rings. The molecule has 6 heteroatoms. The van der Waals surface area contributed by atoms with Gasteiger partial charge in [0.05, 0.1) is 12.2 Å². The molecule has 1 amide bonds. The molecule has 0 atom stereocenters. The van der Waals surface area contributed by atoms with Crippen molar-refractivity contribution in [1.29, 1.82) is 0 Å². The molecular formula is C11H11F3NO2. The van der Waals surface area contributed by atoms with Crippen LogP contribution in [0.25, 0.3) is 0 Å². The zero-order valence-electron chi connectivity index (χ0n) is 8.88. The molecule has 1 rings (SSSR count). The Morgan fingerprint density at radius 2 is 1.88 bits per heavy atom. The summed E-state index contributed by atoms with van der Waals surface area (Å²) in [5.41, 5.74) is -0.527. The van der Waals surface area contributed by atoms with Crippen LogP contribution in [0.4, 0.5) is 23.7 Å². The van der Waals surface area contributed by atoms with E-state index in [0.29, 0.717) is 6.42 Å². The van der Waals surface area contributed by atoms with E-state index in [-0.39, 0.29) is 12.3 Å². The average Bonchev–Trinajstić information content (AvgIpc) is 2.26. The SMILES string of the molecule is [CH2]CCOC(=O)Nc1ccc(C(F)(F)F)cc1. The summed E-state index contributed by atoms with van der Waals surface area (Å²) in [6, 6.07) is 4.09. The second-order valence-corrected chi connectivity index (χ2v) is 3.19. The first-order chi connectivity index (χ1) is 7.93. The number of hydrogen-bond acceptors (Lipinski definition) is 2. The van der Waals surface area contributed by atoms with Crippen molar-refractivity contribution in [2.24, 2.45) is 0 Å². The van der Waals surface area contributed by atoms with Crippen LogP contribution < -0.4 is 5.32 Å². The molecule has 0 aromatic heterocycles. The van der Waals surface area contributed by atoms with E-state index < -0.39 is 17.8 Å². The molecule has 3 nitrogen and oxygen atoms in total. The number of ether oxygens (including phenoxy) is 1. The lowest BCUT2D eigenvalue weighted by Gasteiger charge is -2.08. The average molecular weight is 246 g/mol. The number of rotatable bonds is 3. The number of amides is 1. The maximum atomic E-state index is 12.2. The summed E-state index contributed by atoms with van der Waals surface area (Å²) in [6.45, 7) is 3.63. The van der Waals surface area contributed by atoms with Crippen LogP contribution in [0.5, 0.6) is 0 Å². The molecule has 0 aliphatic heterocycles. The Kier molecular flexibility index (Phi) is 4.37. The Balaban J connectivity index is 2.60. The molecule has 0 aliphatic rings. The van der Waals surface area contributed by atoms with Crippen molar-refractivity contribution >= 4 is 11.8 Å². The Bertz CT molecular complexity index is 373. The lowest BCUT2D eigenvalue weighted by Crippen LogP contribution is -2.14. The van der Waals surface area contributed by atoms with Gasteiger partial charge in [0.25, 0.3) is 0 Å². The molecule has 0 heterocycles. The van der Waals surface area contributed by atoms with Gasteiger partial charge in [0, 0.05) is 5.69 Å². The van der Waals surface area contributed by atoms with Crippen LogP contribution in [0.1, 0.15) is 12.0 Å². The minimum Gasteiger partial charge on any atom is -0.449 e. The monoisotopic (exact) mass is 246 g/mol. The van der Waals surface area contributed by atoms with Crippen LogP contribution in [-0.2, 0) is 10.9 Å². The molecule has 17 heavy (non-hydrogen) atoms. The van der Waals surface area contributed by atoms with Gasteiger partial charge in [-0.2, -0.15) is 13.2 Å². The lowest BCUT2D eigenvalue weighted by atomic mass is 10.2. The van der Waals surface area contributed by atoms with E-state index in [4.69, 9.17) is 0 Å². The summed E-state index contributed by atoms with van der Waals surface area (Å²) < 4.78 is 41.3. The molecule has 1 aromatic carbocycles. The number of hydrogen-bond donors (Lipinski definition) is 1. The molecule has 0 spiro atoms. The largest absolute Gasteiger partial charge is 0.449 e. The molecule has 0 bridgehead atoms. The number of halogens is 3. The highest BCUT2D eigenvalue weighted by molar-refractivity contribution is 5.84. The van der Waals surface area contributed by atoms with Crippen molar-refractivity contribution < 1.29 is 22.7 Å². The van der Waals surface area contributed by atoms with Gasteiger partial charge >= 0.3 is 12.3 Å². The number of carbonyl (C=O) groups is 1. The van der Waals surface area contributed by atoms with E-state index in [1.54, 1.807) is 0 Å². The molecule has 1 radical (unpaired) electrons. The highest BCUT2D eigenvalue weighted by Crippen LogP contribution is 2.29. The van der Waals surface area contributed by atoms with Gasteiger partial charge in [0.2, 0.25) is 0 Å². The summed E-state index contributed by atoms with van der Waals surface area (Å²) in [6.07, 6.45) is -4.67. The highest BCUT2D eigenvalue weighted by Gasteiger charge is 2.29. The van der Waals surface area contributed by atoms with Gasteiger partial charge in [-0.3, -0.25) is 5.32 Å². The zero-order chi connectivity index (χ0) is 12.9. The Morgan fingerprint density at radius 1 is 1.29 bits per heavy atom. The van der Waals surface area contributed by atoms with Gasteiger partial charge in [-0.25, -0.2) is 4.79 Å². The summed E-state index contributed by atoms with van der Waals surface area (Å²) >= 11 is 0. The van der Waals surface area contributed by atoms with E-state index in [2.05, 4.69) is 17.0 Å². The number of alkyl halides is 3. The third-order valence-electron chi connectivity index (χ3n) is 1.84. The van der Waals surface area contributed by atoms with Gasteiger partial charge < -0.3 is 4.74 Å². The zero-order valence-corrected chi connectivity index (χ0v) is 8.88. The van der Waals surface area contributed by atoms with E-state index in [0.717, 1.165) is 24.3 Å². The van der Waals surface area contributed by atoms with Gasteiger partial charge in [0.15, 0.2) is 0 Å². The second-order valence-electron chi connectivity index (χ2n) is 3.19. The minimum absolute atomic E-state index is 0.159. The first-order valence-electron chi connectivity index (χ1n) is 4.84. The van der Waals surface area contributed by atoms with E-state index in [9.17, 15) is 18.0 Å². The standard InChI is InChI=1S/C11H11F3NO2/c1-2-7-17-10(16)15-9-5-3-8(4-6-9)11(12,13)14/h3-6H,1-2,7H2,(H,15,16). The van der Waals surface area contributed by atoms with Gasteiger partial charge in [-0.1, -0.05) is 0 Å². The van der Waals surface area contributed by atoms with Gasteiger partial charge in [0.1, 0.15) is 0 Å². The lowest BCUT2D eigenvalue weighted by molar-refractivity contribution is -0.137. The summed E-state index contributed by atoms with van der Waals surface area (Å²) in [5.74, 6) is 0. The fourth-order valence-electron chi connectivity index (χ4n) is 1.06. The quantitative estimate of drug-likeness (QED) is 0.886. The van der Waals surface area contributed by atoms with Crippen LogP contribution in [-0.4, -0.2) is 12.7 Å². The van der Waals surface area contributed by atoms with Crippen LogP contribution >= 0.6 is 0 Å². The van der Waals surface area contributed by atoms with Crippen LogP contribution in [0.2, 0.25) is 0 Å². The highest BCUT2D eigenvalue weighted by atomic mass is 19.4. The number of benzene rings is 1. The van der Waals surface area contributed by atoms with Gasteiger partial charge in [-0.15, -0.1) is 0 Å². The topological polar surface area (TPSA) is 38.3 Å². The smallest absolute Gasteiger partial charge is 0.416 e. The molecule has 1 aromatic rings. The molecule has 0 unspecified atom stereocenters. The summed E-state index contributed by atoms with van der Waals surface area (Å²) in [4.78, 5) is 11.1. The maximum absolute atomic E-state index is 12.2. The number of carbonyl (C=O) groups excluding carboxylic acids is 1. The van der Waals surface area contributed by atoms with Crippen LogP contribution in [0.15, 0.2) is 24.3 Å². The fraction of sp³-hybridized carbons (Fsp3) is 0.273. The summed E-state index contributed by atoms with van der Waals surface area (Å²) in [7, 11) is 0. The minimum atomic E-state index is -4.38. The van der Waals surface area contributed by atoms with Crippen LogP contribution in [0.3, 0.4) is 0 Å². The number of anilines is 1. The third kappa shape index (κ3) is 4.34. The molecule has 1 N–H and O–H groups in total. The Labute approximate surface area is 96.6 Å². The second kappa shape index (κ2) is 5.56. The van der Waals surface area contributed by atoms with Crippen molar-refractivity contribution in [2.75, 3.05) is 11.9 Å². The van der Waals surface area contributed by atoms with Crippen molar-refractivity contribution in [3.8, 4) is 0 Å². The van der Waals surface area contributed by atoms with Crippen molar-refractivity contribution in [2.45, 2.75) is 12.6 Å². The molecule has 93 valence electrons. The molecule has 0 saturated carbocycles. The number of nitrogens with one attached hydrogen (secondary N) is 1. The molecular weight excluding hydrogens is 235 g/mol. The Morgan fingerprint density at radius 3 is 2.35 bits per heavy atom. The molecule has 0 saturated heterocycles. The summed E-state index contributed by atoms with van der Waals surface area (Å²) in [5, 5.41) is 2.30. The van der Waals surface area contributed by atoms with Crippen molar-refractivity contribution in [1.82, 2.24) is 0 Å². The Hall–Kier alpha value is -1.72. The third-order valence-corrected chi connectivity index (χ3v) is 1.84. The first kappa shape index (κ1) is 13.3. The normalized spacial score (nSPS) is 11.1. The fourth-order valence-corrected chi connectivity index (χ4v) is 1.06. The molecule has 0 aliphatic carbocycles. The maximum Gasteiger partial charge on any atom is 0.416 e. The van der Waals surface area contributed by atoms with Crippen LogP contribution in [0, 0.1) is 6.92 Å². The van der Waals surface area contributed by atoms with E-state index >= 15 is 0 Å². The van der Waals surface area contributed by atoms with E-state index in [1.165, 1.54) is 0 Å². The van der Waals surface area contributed by atoms with E-state index in [1.807, 2.05) is 0 Å².